The van der Waals surface area contributed by atoms with Crippen molar-refractivity contribution in [3.8, 4) is 0 Å². The predicted octanol–water partition coefficient (Wildman–Crippen LogP) is 2.65. The van der Waals surface area contributed by atoms with Crippen LogP contribution in [0.5, 0.6) is 0 Å². The lowest BCUT2D eigenvalue weighted by molar-refractivity contribution is 0.226. The summed E-state index contributed by atoms with van der Waals surface area (Å²) in [6.45, 7) is 10.3. The minimum Gasteiger partial charge on any atom is -0.409 e. The average Bonchev–Trinajstić information content (AvgIpc) is 2.87. The van der Waals surface area contributed by atoms with Crippen LogP contribution in [0.3, 0.4) is 0 Å². The highest BCUT2D eigenvalue weighted by Crippen LogP contribution is 2.34. The fourth-order valence-electron chi connectivity index (χ4n) is 2.78. The maximum atomic E-state index is 8.65. The number of nitrogens with two attached hydrogens (primary N) is 1. The van der Waals surface area contributed by atoms with Crippen LogP contribution < -0.4 is 5.73 Å². The normalized spacial score (nSPS) is 21.4. The summed E-state index contributed by atoms with van der Waals surface area (Å²) in [6.07, 6.45) is 1.28. The second-order valence-corrected chi connectivity index (χ2v) is 6.77. The Kier molecular flexibility index (Phi) is 4.33. The number of nitrogens with zero attached hydrogens (tertiary/aromatic N) is 2. The Morgan fingerprint density at radius 3 is 2.50 bits per heavy atom. The molecule has 20 heavy (non-hydrogen) atoms. The van der Waals surface area contributed by atoms with E-state index < -0.39 is 0 Å². The van der Waals surface area contributed by atoms with Crippen LogP contribution in [0.2, 0.25) is 0 Å². The monoisotopic (exact) mass is 275 g/mol. The van der Waals surface area contributed by atoms with E-state index in [9.17, 15) is 0 Å². The fourth-order valence-corrected chi connectivity index (χ4v) is 2.78. The number of rotatable bonds is 3. The van der Waals surface area contributed by atoms with E-state index in [1.165, 1.54) is 25.1 Å². The molecule has 4 nitrogen and oxygen atoms in total. The molecule has 1 heterocycles. The van der Waals surface area contributed by atoms with Crippen molar-refractivity contribution in [1.29, 1.82) is 0 Å². The first-order valence-corrected chi connectivity index (χ1v) is 7.19. The second-order valence-electron chi connectivity index (χ2n) is 6.77. The molecule has 0 spiro atoms. The number of benzene rings is 1. The van der Waals surface area contributed by atoms with E-state index in [1.807, 2.05) is 12.1 Å². The summed E-state index contributed by atoms with van der Waals surface area (Å²) in [4.78, 5) is 2.51. The molecule has 0 amide bonds. The minimum absolute atomic E-state index is 0.158. The third-order valence-electron chi connectivity index (χ3n) is 4.26. The van der Waals surface area contributed by atoms with Gasteiger partial charge in [0.05, 0.1) is 0 Å². The fraction of sp³-hybridized carbons (Fsp3) is 0.562. The van der Waals surface area contributed by atoms with E-state index >= 15 is 0 Å². The van der Waals surface area contributed by atoms with Crippen molar-refractivity contribution in [2.45, 2.75) is 33.7 Å². The highest BCUT2D eigenvalue weighted by atomic mass is 16.4. The first-order chi connectivity index (χ1) is 9.40. The summed E-state index contributed by atoms with van der Waals surface area (Å²) in [5.41, 5.74) is 7.98. The van der Waals surface area contributed by atoms with E-state index in [-0.39, 0.29) is 5.84 Å². The van der Waals surface area contributed by atoms with Crippen LogP contribution in [0.4, 0.5) is 0 Å². The average molecular weight is 275 g/mol. The van der Waals surface area contributed by atoms with Gasteiger partial charge in [-0.15, -0.1) is 0 Å². The van der Waals surface area contributed by atoms with Gasteiger partial charge in [-0.2, -0.15) is 0 Å². The van der Waals surface area contributed by atoms with Crippen LogP contribution in [-0.4, -0.2) is 29.0 Å². The molecule has 1 unspecified atom stereocenters. The van der Waals surface area contributed by atoms with Crippen LogP contribution in [0.15, 0.2) is 29.4 Å². The molecule has 0 radical (unpaired) electrons. The quantitative estimate of drug-likeness (QED) is 0.386. The molecule has 110 valence electrons. The zero-order chi connectivity index (χ0) is 14.8. The molecule has 0 aromatic heterocycles. The molecule has 1 fully saturated rings. The topological polar surface area (TPSA) is 61.8 Å². The van der Waals surface area contributed by atoms with E-state index in [0.717, 1.165) is 18.0 Å². The van der Waals surface area contributed by atoms with E-state index in [4.69, 9.17) is 10.9 Å². The van der Waals surface area contributed by atoms with Gasteiger partial charge in [0.2, 0.25) is 0 Å². The molecule has 2 rings (SSSR count). The van der Waals surface area contributed by atoms with Crippen LogP contribution in [0.1, 0.15) is 38.3 Å². The largest absolute Gasteiger partial charge is 0.409 e. The van der Waals surface area contributed by atoms with Gasteiger partial charge in [0.1, 0.15) is 0 Å². The number of hydrogen-bond acceptors (Lipinski definition) is 3. The Labute approximate surface area is 121 Å². The van der Waals surface area contributed by atoms with Crippen LogP contribution in [-0.2, 0) is 6.54 Å². The van der Waals surface area contributed by atoms with Crippen molar-refractivity contribution in [2.24, 2.45) is 22.2 Å². The highest BCUT2D eigenvalue weighted by molar-refractivity contribution is 5.96. The lowest BCUT2D eigenvalue weighted by Gasteiger charge is -2.27. The van der Waals surface area contributed by atoms with Crippen molar-refractivity contribution in [3.05, 3.63) is 35.4 Å². The number of amidine groups is 1. The van der Waals surface area contributed by atoms with Gasteiger partial charge in [-0.1, -0.05) is 50.2 Å². The molecular weight excluding hydrogens is 250 g/mol. The summed E-state index contributed by atoms with van der Waals surface area (Å²) in [7, 11) is 0. The highest BCUT2D eigenvalue weighted by Gasteiger charge is 2.31. The zero-order valence-electron chi connectivity index (χ0n) is 12.6. The molecule has 1 atom stereocenters. The maximum absolute atomic E-state index is 8.65. The Balaban J connectivity index is 1.95. The predicted molar refractivity (Wildman–Crippen MR) is 81.8 cm³/mol. The molecule has 1 aliphatic heterocycles. The Morgan fingerprint density at radius 1 is 1.35 bits per heavy atom. The van der Waals surface area contributed by atoms with Crippen molar-refractivity contribution in [3.63, 3.8) is 0 Å². The van der Waals surface area contributed by atoms with Gasteiger partial charge in [0.25, 0.3) is 0 Å². The third kappa shape index (κ3) is 3.51. The van der Waals surface area contributed by atoms with Gasteiger partial charge in [0.15, 0.2) is 5.84 Å². The van der Waals surface area contributed by atoms with E-state index in [1.54, 1.807) is 0 Å². The maximum Gasteiger partial charge on any atom is 0.170 e. The lowest BCUT2D eigenvalue weighted by Crippen LogP contribution is -2.25. The summed E-state index contributed by atoms with van der Waals surface area (Å²) >= 11 is 0. The van der Waals surface area contributed by atoms with Gasteiger partial charge in [-0.05, 0) is 29.9 Å². The molecule has 4 heteroatoms. The molecule has 0 aliphatic carbocycles. The van der Waals surface area contributed by atoms with Crippen LogP contribution in [0, 0.1) is 11.3 Å². The van der Waals surface area contributed by atoms with Crippen molar-refractivity contribution in [1.82, 2.24) is 4.90 Å². The minimum atomic E-state index is 0.158. The summed E-state index contributed by atoms with van der Waals surface area (Å²) in [5.74, 6) is 0.935. The molecule has 3 N–H and O–H groups in total. The molecule has 1 aliphatic rings. The smallest absolute Gasteiger partial charge is 0.170 e. The van der Waals surface area contributed by atoms with Gasteiger partial charge in [-0.3, -0.25) is 4.90 Å². The first kappa shape index (κ1) is 14.9. The Morgan fingerprint density at radius 2 is 2.00 bits per heavy atom. The number of likely N-dealkylation sites (tertiary alicyclic amines) is 1. The molecule has 0 bridgehead atoms. The number of hydrogen-bond donors (Lipinski definition) is 2. The van der Waals surface area contributed by atoms with Gasteiger partial charge in [0, 0.05) is 18.7 Å². The van der Waals surface area contributed by atoms with Gasteiger partial charge in [-0.25, -0.2) is 0 Å². The number of oxime groups is 1. The van der Waals surface area contributed by atoms with E-state index in [2.05, 4.69) is 43.0 Å². The summed E-state index contributed by atoms with van der Waals surface area (Å²) < 4.78 is 0. The second kappa shape index (κ2) is 5.83. The Hall–Kier alpha value is -1.55. The van der Waals surface area contributed by atoms with Gasteiger partial charge < -0.3 is 10.9 Å². The first-order valence-electron chi connectivity index (χ1n) is 7.19. The van der Waals surface area contributed by atoms with Crippen molar-refractivity contribution >= 4 is 5.84 Å². The molecule has 1 aromatic rings. The molecule has 0 saturated carbocycles. The zero-order valence-corrected chi connectivity index (χ0v) is 12.6. The lowest BCUT2D eigenvalue weighted by atomic mass is 9.80. The van der Waals surface area contributed by atoms with Crippen LogP contribution in [0.25, 0.3) is 0 Å². The molecule has 1 aromatic carbocycles. The van der Waals surface area contributed by atoms with Crippen molar-refractivity contribution in [2.75, 3.05) is 13.1 Å². The van der Waals surface area contributed by atoms with Gasteiger partial charge >= 0.3 is 0 Å². The van der Waals surface area contributed by atoms with Crippen LogP contribution >= 0.6 is 0 Å². The summed E-state index contributed by atoms with van der Waals surface area (Å²) in [5, 5.41) is 11.7. The van der Waals surface area contributed by atoms with Crippen molar-refractivity contribution < 1.29 is 5.21 Å². The Bertz CT molecular complexity index is 473. The molecular formula is C16H25N3O. The van der Waals surface area contributed by atoms with E-state index in [0.29, 0.717) is 5.41 Å². The standard InChI is InChI=1S/C16H25N3O/c1-16(2,3)14-8-9-19(11-14)10-12-4-6-13(7-5-12)15(17)18-20/h4-7,14,20H,8-11H2,1-3H3,(H2,17,18). The SMILES string of the molecule is CC(C)(C)C1CCN(Cc2ccc(/C(N)=N/O)cc2)C1. The summed E-state index contributed by atoms with van der Waals surface area (Å²) in [6, 6.07) is 7.92. The third-order valence-corrected chi connectivity index (χ3v) is 4.26. The molecule has 1 saturated heterocycles.